The van der Waals surface area contributed by atoms with Crippen LogP contribution in [-0.2, 0) is 11.3 Å². The van der Waals surface area contributed by atoms with E-state index in [2.05, 4.69) is 34.5 Å². The van der Waals surface area contributed by atoms with Gasteiger partial charge in [0.15, 0.2) is 0 Å². The number of hydrogen-bond acceptors (Lipinski definition) is 3. The summed E-state index contributed by atoms with van der Waals surface area (Å²) in [6, 6.07) is 8.75. The molecule has 1 fully saturated rings. The van der Waals surface area contributed by atoms with Crippen molar-refractivity contribution < 1.29 is 4.74 Å². The summed E-state index contributed by atoms with van der Waals surface area (Å²) in [6.45, 7) is 4.64. The van der Waals surface area contributed by atoms with Gasteiger partial charge in [0.05, 0.1) is 13.2 Å². The van der Waals surface area contributed by atoms with Crippen LogP contribution < -0.4 is 10.2 Å². The number of morpholine rings is 1. The van der Waals surface area contributed by atoms with Gasteiger partial charge in [-0.2, -0.15) is 0 Å². The Hall–Kier alpha value is -0.770. The highest BCUT2D eigenvalue weighted by molar-refractivity contribution is 5.85. The van der Waals surface area contributed by atoms with Gasteiger partial charge in [-0.05, 0) is 24.7 Å². The zero-order valence-electron chi connectivity index (χ0n) is 9.61. The zero-order chi connectivity index (χ0) is 10.5. The van der Waals surface area contributed by atoms with E-state index >= 15 is 0 Å². The molecule has 0 aromatic heterocycles. The van der Waals surface area contributed by atoms with Gasteiger partial charge >= 0.3 is 0 Å². The number of rotatable bonds is 3. The normalized spacial score (nSPS) is 15.7. The lowest BCUT2D eigenvalue weighted by Gasteiger charge is -2.28. The largest absolute Gasteiger partial charge is 0.378 e. The predicted molar refractivity (Wildman–Crippen MR) is 69.5 cm³/mol. The van der Waals surface area contributed by atoms with Gasteiger partial charge in [0, 0.05) is 25.3 Å². The maximum absolute atomic E-state index is 5.33. The number of nitrogens with zero attached hydrogens (tertiary/aromatic N) is 1. The first-order valence-electron chi connectivity index (χ1n) is 5.46. The number of nitrogens with one attached hydrogen (secondary N) is 1. The highest BCUT2D eigenvalue weighted by Crippen LogP contribution is 2.16. The maximum atomic E-state index is 5.33. The van der Waals surface area contributed by atoms with Crippen LogP contribution in [0, 0.1) is 0 Å². The van der Waals surface area contributed by atoms with Crippen molar-refractivity contribution >= 4 is 18.1 Å². The first-order chi connectivity index (χ1) is 7.40. The van der Waals surface area contributed by atoms with Gasteiger partial charge in [0.2, 0.25) is 0 Å². The van der Waals surface area contributed by atoms with Crippen molar-refractivity contribution in [3.05, 3.63) is 29.8 Å². The summed E-state index contributed by atoms with van der Waals surface area (Å²) >= 11 is 0. The van der Waals surface area contributed by atoms with E-state index in [-0.39, 0.29) is 12.4 Å². The molecule has 1 N–H and O–H groups in total. The molecule has 0 aliphatic carbocycles. The van der Waals surface area contributed by atoms with Crippen LogP contribution in [-0.4, -0.2) is 33.4 Å². The Morgan fingerprint density at radius 3 is 2.38 bits per heavy atom. The van der Waals surface area contributed by atoms with Gasteiger partial charge in [-0.25, -0.2) is 0 Å². The quantitative estimate of drug-likeness (QED) is 0.873. The van der Waals surface area contributed by atoms with E-state index in [1.807, 2.05) is 7.05 Å². The van der Waals surface area contributed by atoms with Crippen molar-refractivity contribution in [1.82, 2.24) is 5.32 Å². The third-order valence-electron chi connectivity index (χ3n) is 2.69. The van der Waals surface area contributed by atoms with E-state index in [9.17, 15) is 0 Å². The lowest BCUT2D eigenvalue weighted by atomic mass is 10.2. The summed E-state index contributed by atoms with van der Waals surface area (Å²) in [5, 5.41) is 3.15. The third kappa shape index (κ3) is 3.37. The highest BCUT2D eigenvalue weighted by Gasteiger charge is 2.10. The lowest BCUT2D eigenvalue weighted by molar-refractivity contribution is 0.122. The number of ether oxygens (including phenoxy) is 1. The van der Waals surface area contributed by atoms with Gasteiger partial charge in [0.1, 0.15) is 0 Å². The van der Waals surface area contributed by atoms with E-state index in [1.165, 1.54) is 11.3 Å². The molecule has 0 atom stereocenters. The summed E-state index contributed by atoms with van der Waals surface area (Å²) in [6.07, 6.45) is 0. The fourth-order valence-corrected chi connectivity index (χ4v) is 1.85. The molecule has 1 saturated heterocycles. The zero-order valence-corrected chi connectivity index (χ0v) is 10.4. The predicted octanol–water partition coefficient (Wildman–Crippen LogP) is 1.66. The van der Waals surface area contributed by atoms with Gasteiger partial charge in [-0.15, -0.1) is 12.4 Å². The van der Waals surface area contributed by atoms with Crippen LogP contribution >= 0.6 is 12.4 Å². The molecule has 1 heterocycles. The third-order valence-corrected chi connectivity index (χ3v) is 2.69. The van der Waals surface area contributed by atoms with Crippen molar-refractivity contribution in [2.45, 2.75) is 6.54 Å². The van der Waals surface area contributed by atoms with Crippen molar-refractivity contribution in [3.8, 4) is 0 Å². The fourth-order valence-electron chi connectivity index (χ4n) is 1.85. The average molecular weight is 243 g/mol. The van der Waals surface area contributed by atoms with Gasteiger partial charge < -0.3 is 15.0 Å². The molecule has 2 rings (SSSR count). The van der Waals surface area contributed by atoms with E-state index in [1.54, 1.807) is 0 Å². The Morgan fingerprint density at radius 1 is 1.19 bits per heavy atom. The fraction of sp³-hybridized carbons (Fsp3) is 0.500. The average Bonchev–Trinajstić information content (AvgIpc) is 2.32. The van der Waals surface area contributed by atoms with Crippen LogP contribution in [0.25, 0.3) is 0 Å². The summed E-state index contributed by atoms with van der Waals surface area (Å²) in [7, 11) is 1.97. The van der Waals surface area contributed by atoms with Crippen molar-refractivity contribution in [2.75, 3.05) is 38.3 Å². The second-order valence-corrected chi connectivity index (χ2v) is 3.80. The van der Waals surface area contributed by atoms with E-state index in [0.29, 0.717) is 0 Å². The second-order valence-electron chi connectivity index (χ2n) is 3.80. The number of benzene rings is 1. The summed E-state index contributed by atoms with van der Waals surface area (Å²) in [5.41, 5.74) is 2.63. The molecule has 3 nitrogen and oxygen atoms in total. The molecule has 1 aromatic rings. The molecule has 16 heavy (non-hydrogen) atoms. The minimum atomic E-state index is 0. The molecular weight excluding hydrogens is 224 g/mol. The van der Waals surface area contributed by atoms with E-state index < -0.39 is 0 Å². The van der Waals surface area contributed by atoms with Crippen molar-refractivity contribution in [3.63, 3.8) is 0 Å². The Morgan fingerprint density at radius 2 is 1.81 bits per heavy atom. The minimum Gasteiger partial charge on any atom is -0.378 e. The molecule has 0 radical (unpaired) electrons. The summed E-state index contributed by atoms with van der Waals surface area (Å²) in [5.74, 6) is 0. The molecular formula is C12H19ClN2O. The molecule has 0 amide bonds. The summed E-state index contributed by atoms with van der Waals surface area (Å²) in [4.78, 5) is 2.37. The van der Waals surface area contributed by atoms with Crippen LogP contribution in [0.15, 0.2) is 24.3 Å². The van der Waals surface area contributed by atoms with Crippen LogP contribution in [0.5, 0.6) is 0 Å². The molecule has 1 aliphatic rings. The first-order valence-corrected chi connectivity index (χ1v) is 5.46. The summed E-state index contributed by atoms with van der Waals surface area (Å²) < 4.78 is 5.33. The topological polar surface area (TPSA) is 24.5 Å². The van der Waals surface area contributed by atoms with Crippen LogP contribution in [0.3, 0.4) is 0 Å². The van der Waals surface area contributed by atoms with Crippen LogP contribution in [0.2, 0.25) is 0 Å². The highest BCUT2D eigenvalue weighted by atomic mass is 35.5. The monoisotopic (exact) mass is 242 g/mol. The van der Waals surface area contributed by atoms with Gasteiger partial charge in [-0.1, -0.05) is 12.1 Å². The number of halogens is 1. The standard InChI is InChI=1S/C12H18N2O.ClH/c1-13-10-11-2-4-12(5-3-11)14-6-8-15-9-7-14;/h2-5,13H,6-10H2,1H3;1H. The second kappa shape index (κ2) is 6.74. The molecule has 1 aromatic carbocycles. The smallest absolute Gasteiger partial charge is 0.0642 e. The molecule has 90 valence electrons. The number of hydrogen-bond donors (Lipinski definition) is 1. The van der Waals surface area contributed by atoms with Crippen LogP contribution in [0.1, 0.15) is 5.56 Å². The SMILES string of the molecule is CNCc1ccc(N2CCOCC2)cc1.Cl. The number of anilines is 1. The molecule has 0 spiro atoms. The van der Waals surface area contributed by atoms with Crippen LogP contribution in [0.4, 0.5) is 5.69 Å². The molecule has 0 saturated carbocycles. The maximum Gasteiger partial charge on any atom is 0.0642 e. The molecule has 1 aliphatic heterocycles. The lowest BCUT2D eigenvalue weighted by Crippen LogP contribution is -2.36. The molecule has 0 bridgehead atoms. The van der Waals surface area contributed by atoms with E-state index in [0.717, 1.165) is 32.8 Å². The minimum absolute atomic E-state index is 0. The molecule has 4 heteroatoms. The molecule has 0 unspecified atom stereocenters. The Bertz CT molecular complexity index is 296. The van der Waals surface area contributed by atoms with E-state index in [4.69, 9.17) is 4.74 Å². The first kappa shape index (κ1) is 13.3. The van der Waals surface area contributed by atoms with Gasteiger partial charge in [-0.3, -0.25) is 0 Å². The Labute approximate surface area is 103 Å². The van der Waals surface area contributed by atoms with Gasteiger partial charge in [0.25, 0.3) is 0 Å². The Kier molecular flexibility index (Phi) is 5.60. The van der Waals surface area contributed by atoms with Crippen molar-refractivity contribution in [2.24, 2.45) is 0 Å². The Balaban J connectivity index is 0.00000128. The van der Waals surface area contributed by atoms with Crippen molar-refractivity contribution in [1.29, 1.82) is 0 Å².